The van der Waals surface area contributed by atoms with Crippen molar-refractivity contribution < 1.29 is 9.53 Å². The molecule has 0 aliphatic carbocycles. The van der Waals surface area contributed by atoms with E-state index in [-0.39, 0.29) is 5.91 Å². The minimum Gasteiger partial charge on any atom is -0.383 e. The fourth-order valence-electron chi connectivity index (χ4n) is 2.60. The Labute approximate surface area is 134 Å². The van der Waals surface area contributed by atoms with E-state index in [1.165, 1.54) is 11.3 Å². The first-order valence-corrected chi connectivity index (χ1v) is 9.20. The van der Waals surface area contributed by atoms with Crippen LogP contribution in [0.5, 0.6) is 0 Å². The first-order valence-electron chi connectivity index (χ1n) is 7.10. The van der Waals surface area contributed by atoms with E-state index >= 15 is 0 Å². The Morgan fingerprint density at radius 2 is 2.48 bits per heavy atom. The van der Waals surface area contributed by atoms with Gasteiger partial charge in [-0.25, -0.2) is 4.98 Å². The van der Waals surface area contributed by atoms with Crippen molar-refractivity contribution in [2.24, 2.45) is 5.92 Å². The summed E-state index contributed by atoms with van der Waals surface area (Å²) in [7, 11) is 3.61. The molecule has 1 unspecified atom stereocenters. The number of thioether (sulfide) groups is 1. The quantitative estimate of drug-likeness (QED) is 0.715. The van der Waals surface area contributed by atoms with Gasteiger partial charge in [0.2, 0.25) is 0 Å². The van der Waals surface area contributed by atoms with Gasteiger partial charge >= 0.3 is 0 Å². The van der Waals surface area contributed by atoms with Crippen LogP contribution in [0.4, 0.5) is 0 Å². The number of hydrogen-bond donors (Lipinski definition) is 0. The molecule has 1 aliphatic heterocycles. The normalized spacial score (nSPS) is 19.1. The minimum atomic E-state index is 0.0295. The van der Waals surface area contributed by atoms with Gasteiger partial charge in [0.05, 0.1) is 6.61 Å². The summed E-state index contributed by atoms with van der Waals surface area (Å²) in [6.45, 7) is 4.71. The summed E-state index contributed by atoms with van der Waals surface area (Å²) in [4.78, 5) is 20.9. The van der Waals surface area contributed by atoms with E-state index in [9.17, 15) is 4.79 Å². The number of hydrogen-bond acceptors (Lipinski definition) is 6. The highest BCUT2D eigenvalue weighted by Gasteiger charge is 2.25. The number of amides is 1. The van der Waals surface area contributed by atoms with Crippen LogP contribution < -0.4 is 0 Å². The second-order valence-corrected chi connectivity index (χ2v) is 7.25. The molecule has 1 amide bonds. The maximum absolute atomic E-state index is 12.3. The zero-order valence-electron chi connectivity index (χ0n) is 12.9. The van der Waals surface area contributed by atoms with E-state index in [2.05, 4.69) is 9.88 Å². The highest BCUT2D eigenvalue weighted by molar-refractivity contribution is 8.00. The molecule has 0 N–H and O–H groups in total. The van der Waals surface area contributed by atoms with E-state index in [4.69, 9.17) is 4.74 Å². The SMILES string of the molecule is COCCN1CCC(CN(C)C(=O)c2csc(SC)n2)C1. The van der Waals surface area contributed by atoms with Crippen molar-refractivity contribution in [3.8, 4) is 0 Å². The molecule has 0 spiro atoms. The van der Waals surface area contributed by atoms with E-state index in [1.54, 1.807) is 18.9 Å². The smallest absolute Gasteiger partial charge is 0.273 e. The topological polar surface area (TPSA) is 45.7 Å². The molecule has 0 aromatic carbocycles. The molecule has 1 aliphatic rings. The number of carbonyl (C=O) groups is 1. The fraction of sp³-hybridized carbons (Fsp3) is 0.714. The van der Waals surface area contributed by atoms with E-state index in [0.717, 1.165) is 43.5 Å². The lowest BCUT2D eigenvalue weighted by atomic mass is 10.1. The summed E-state index contributed by atoms with van der Waals surface area (Å²) in [5, 5.41) is 1.85. The Morgan fingerprint density at radius 1 is 1.67 bits per heavy atom. The molecule has 1 atom stereocenters. The molecule has 0 saturated carbocycles. The highest BCUT2D eigenvalue weighted by atomic mass is 32.2. The first kappa shape index (κ1) is 16.7. The number of thiazole rings is 1. The largest absolute Gasteiger partial charge is 0.383 e. The molecule has 5 nitrogen and oxygen atoms in total. The van der Waals surface area contributed by atoms with Gasteiger partial charge in [-0.1, -0.05) is 11.8 Å². The number of likely N-dealkylation sites (tertiary alicyclic amines) is 1. The molecule has 1 aromatic heterocycles. The highest BCUT2D eigenvalue weighted by Crippen LogP contribution is 2.21. The number of rotatable bonds is 7. The molecule has 0 bridgehead atoms. The third-order valence-corrected chi connectivity index (χ3v) is 5.60. The summed E-state index contributed by atoms with van der Waals surface area (Å²) in [5.74, 6) is 0.580. The van der Waals surface area contributed by atoms with Crippen molar-refractivity contribution in [2.45, 2.75) is 10.8 Å². The summed E-state index contributed by atoms with van der Waals surface area (Å²) in [6.07, 6.45) is 3.12. The van der Waals surface area contributed by atoms with Crippen LogP contribution in [0.25, 0.3) is 0 Å². The van der Waals surface area contributed by atoms with Crippen molar-refractivity contribution >= 4 is 29.0 Å². The van der Waals surface area contributed by atoms with Crippen molar-refractivity contribution in [3.05, 3.63) is 11.1 Å². The predicted octanol–water partition coefficient (Wildman–Crippen LogP) is 1.91. The van der Waals surface area contributed by atoms with Crippen LogP contribution in [0.15, 0.2) is 9.72 Å². The molecule has 1 saturated heterocycles. The van der Waals surface area contributed by atoms with Gasteiger partial charge < -0.3 is 14.5 Å². The second-order valence-electron chi connectivity index (χ2n) is 5.34. The average molecular weight is 329 g/mol. The predicted molar refractivity (Wildman–Crippen MR) is 87.3 cm³/mol. The zero-order chi connectivity index (χ0) is 15.2. The van der Waals surface area contributed by atoms with Gasteiger partial charge in [-0.3, -0.25) is 4.79 Å². The summed E-state index contributed by atoms with van der Waals surface area (Å²) >= 11 is 3.11. The second kappa shape index (κ2) is 8.12. The van der Waals surface area contributed by atoms with Gasteiger partial charge in [0.25, 0.3) is 5.91 Å². The van der Waals surface area contributed by atoms with Crippen LogP contribution in [0.3, 0.4) is 0 Å². The molecule has 0 radical (unpaired) electrons. The van der Waals surface area contributed by atoms with Crippen LogP contribution in [0.1, 0.15) is 16.9 Å². The lowest BCUT2D eigenvalue weighted by molar-refractivity contribution is 0.0766. The number of carbonyl (C=O) groups excluding carboxylic acids is 1. The Balaban J connectivity index is 1.81. The van der Waals surface area contributed by atoms with Gasteiger partial charge in [-0.15, -0.1) is 11.3 Å². The third kappa shape index (κ3) is 4.67. The summed E-state index contributed by atoms with van der Waals surface area (Å²) in [6, 6.07) is 0. The van der Waals surface area contributed by atoms with Crippen LogP contribution in [-0.4, -0.2) is 73.9 Å². The van der Waals surface area contributed by atoms with E-state index < -0.39 is 0 Å². The van der Waals surface area contributed by atoms with Crippen LogP contribution >= 0.6 is 23.1 Å². The lowest BCUT2D eigenvalue weighted by Gasteiger charge is -2.21. The van der Waals surface area contributed by atoms with Crippen molar-refractivity contribution in [1.29, 1.82) is 0 Å². The number of ether oxygens (including phenoxy) is 1. The Kier molecular flexibility index (Phi) is 6.47. The molecule has 1 fully saturated rings. The number of methoxy groups -OCH3 is 1. The van der Waals surface area contributed by atoms with E-state index in [0.29, 0.717) is 11.6 Å². The molecule has 1 aromatic rings. The van der Waals surface area contributed by atoms with Crippen LogP contribution in [0.2, 0.25) is 0 Å². The Morgan fingerprint density at radius 3 is 3.14 bits per heavy atom. The van der Waals surface area contributed by atoms with Gasteiger partial charge in [0.15, 0.2) is 0 Å². The third-order valence-electron chi connectivity index (χ3n) is 3.74. The maximum atomic E-state index is 12.3. The van der Waals surface area contributed by atoms with Gasteiger partial charge in [-0.2, -0.15) is 0 Å². The molecular weight excluding hydrogens is 306 g/mol. The maximum Gasteiger partial charge on any atom is 0.273 e. The monoisotopic (exact) mass is 329 g/mol. The minimum absolute atomic E-state index is 0.0295. The zero-order valence-corrected chi connectivity index (χ0v) is 14.5. The molecule has 21 heavy (non-hydrogen) atoms. The van der Waals surface area contributed by atoms with Crippen LogP contribution in [0, 0.1) is 5.92 Å². The van der Waals surface area contributed by atoms with Gasteiger partial charge in [0, 0.05) is 39.2 Å². The van der Waals surface area contributed by atoms with Crippen LogP contribution in [-0.2, 0) is 4.74 Å². The lowest BCUT2D eigenvalue weighted by Crippen LogP contribution is -2.33. The molecule has 2 heterocycles. The molecule has 2 rings (SSSR count). The van der Waals surface area contributed by atoms with E-state index in [1.807, 2.05) is 23.6 Å². The van der Waals surface area contributed by atoms with Gasteiger partial charge in [0.1, 0.15) is 10.0 Å². The number of nitrogens with zero attached hydrogens (tertiary/aromatic N) is 3. The van der Waals surface area contributed by atoms with Gasteiger partial charge in [-0.05, 0) is 25.1 Å². The van der Waals surface area contributed by atoms with Crippen molar-refractivity contribution in [3.63, 3.8) is 0 Å². The Hall–Kier alpha value is -0.630. The first-order chi connectivity index (χ1) is 10.1. The number of aromatic nitrogens is 1. The van der Waals surface area contributed by atoms with Crippen molar-refractivity contribution in [1.82, 2.24) is 14.8 Å². The average Bonchev–Trinajstić information content (AvgIpc) is 3.13. The molecular formula is C14H23N3O2S2. The summed E-state index contributed by atoms with van der Waals surface area (Å²) in [5.41, 5.74) is 0.570. The molecule has 118 valence electrons. The summed E-state index contributed by atoms with van der Waals surface area (Å²) < 4.78 is 6.06. The fourth-order valence-corrected chi connectivity index (χ4v) is 3.84. The standard InChI is InChI=1S/C14H23N3O2S2/c1-16(13(18)12-10-21-14(15-12)20-3)8-11-4-5-17(9-11)6-7-19-2/h10-11H,4-9H2,1-3H3. The van der Waals surface area contributed by atoms with Crippen molar-refractivity contribution in [2.75, 3.05) is 53.2 Å². The molecule has 7 heteroatoms. The Bertz CT molecular complexity index is 467.